The van der Waals surface area contributed by atoms with Crippen molar-refractivity contribution >= 4 is 23.7 Å². The highest BCUT2D eigenvalue weighted by atomic mass is 19.4. The highest BCUT2D eigenvalue weighted by Gasteiger charge is 2.33. The number of nitrogen functional groups attached to an aromatic ring is 1. The minimum absolute atomic E-state index is 0.159. The van der Waals surface area contributed by atoms with Gasteiger partial charge in [0.15, 0.2) is 6.10 Å². The Morgan fingerprint density at radius 3 is 1.33 bits per heavy atom. The summed E-state index contributed by atoms with van der Waals surface area (Å²) in [5.41, 5.74) is 10.5. The van der Waals surface area contributed by atoms with E-state index in [1.807, 2.05) is 29.7 Å². The molecule has 3 amide bonds. The van der Waals surface area contributed by atoms with E-state index in [-0.39, 0.29) is 12.5 Å². The fourth-order valence-corrected chi connectivity index (χ4v) is 8.92. The quantitative estimate of drug-likeness (QED) is 0.0334. The van der Waals surface area contributed by atoms with Crippen molar-refractivity contribution in [2.75, 3.05) is 19.8 Å². The minimum Gasteiger partial charge on any atom is -0.479 e. The molecule has 0 spiro atoms. The number of hydrogen-bond donors (Lipinski definition) is 5. The van der Waals surface area contributed by atoms with Gasteiger partial charge in [-0.25, -0.2) is 10.6 Å². The van der Waals surface area contributed by atoms with E-state index in [1.165, 1.54) is 36.4 Å². The van der Waals surface area contributed by atoms with Crippen LogP contribution in [0.5, 0.6) is 0 Å². The molecule has 0 radical (unpaired) electrons. The Balaban J connectivity index is 0.000000171. The number of benzene rings is 6. The van der Waals surface area contributed by atoms with Crippen molar-refractivity contribution in [3.8, 4) is 11.5 Å². The summed E-state index contributed by atoms with van der Waals surface area (Å²) < 4.78 is 135. The predicted octanol–water partition coefficient (Wildman–Crippen LogP) is 11.6. The van der Waals surface area contributed by atoms with Crippen LogP contribution in [0.25, 0.3) is 11.5 Å². The monoisotopic (exact) mass is 1180 g/mol. The minimum atomic E-state index is -4.39. The second-order valence-electron chi connectivity index (χ2n) is 19.3. The standard InChI is InChI=1S/C20H19F3N2O3.C20H17F3N2O2.C15H13F3N2O.C5H8O3/c21-20(22,23)15-9-7-13(8-10-15)12-14-4-1-2-5-16(14)18(26)24-25-19(27)17-6-3-11-28-17;21-20(22,23)15-9-7-13(8-10-15)12-14-4-1-2-5-16(14)18-24-25-19(27-18)17-6-3-11-26-17;16-15(17,18)12-7-5-10(6-8-12)9-11-3-1-2-4-13(11)14(21)20-19;6-5(7)4-2-1-3-8-4/h1-2,4-5,7-10,17H,3,6,11-12H2,(H,24,26)(H,25,27);1-2,4-5,7-10,17H,3,6,11-12H2;1-8H,9,19H2,(H,20,21);4H,1-3H2,(H,6,7). The molecule has 7 aromatic rings. The van der Waals surface area contributed by atoms with Crippen molar-refractivity contribution in [3.05, 3.63) is 213 Å². The van der Waals surface area contributed by atoms with E-state index in [0.717, 1.165) is 78.8 Å². The first kappa shape index (κ1) is 63.1. The highest BCUT2D eigenvalue weighted by Crippen LogP contribution is 2.34. The number of carbonyl (C=O) groups excluding carboxylic acids is 3. The summed E-state index contributed by atoms with van der Waals surface area (Å²) in [5, 5.41) is 16.5. The van der Waals surface area contributed by atoms with Crippen LogP contribution >= 0.6 is 0 Å². The average Bonchev–Trinajstić information content (AvgIpc) is 4.42. The number of alkyl halides is 9. The van der Waals surface area contributed by atoms with Crippen LogP contribution in [0.3, 0.4) is 0 Å². The number of nitrogens with two attached hydrogens (primary N) is 1. The first-order valence-corrected chi connectivity index (χ1v) is 26.3. The van der Waals surface area contributed by atoms with Gasteiger partial charge in [0.05, 0.1) is 16.7 Å². The number of nitrogens with one attached hydrogen (secondary N) is 3. The van der Waals surface area contributed by atoms with E-state index >= 15 is 0 Å². The van der Waals surface area contributed by atoms with E-state index < -0.39 is 71.1 Å². The largest absolute Gasteiger partial charge is 0.479 e. The Morgan fingerprint density at radius 1 is 0.500 bits per heavy atom. The predicted molar refractivity (Wildman–Crippen MR) is 286 cm³/mol. The molecular weight excluding hydrogens is 1120 g/mol. The lowest BCUT2D eigenvalue weighted by Gasteiger charge is -2.13. The maximum Gasteiger partial charge on any atom is 0.416 e. The van der Waals surface area contributed by atoms with E-state index in [9.17, 15) is 58.7 Å². The molecule has 3 unspecified atom stereocenters. The Bertz CT molecular complexity index is 3280. The third-order valence-corrected chi connectivity index (χ3v) is 13.3. The number of halogens is 9. The summed E-state index contributed by atoms with van der Waals surface area (Å²) >= 11 is 0. The Morgan fingerprint density at radius 2 is 0.917 bits per heavy atom. The second kappa shape index (κ2) is 29.2. The number of carboxylic acids is 1. The van der Waals surface area contributed by atoms with Gasteiger partial charge in [-0.05, 0) is 146 Å². The molecule has 6 N–H and O–H groups in total. The van der Waals surface area contributed by atoms with Crippen LogP contribution in [0.1, 0.15) is 121 Å². The van der Waals surface area contributed by atoms with E-state index in [1.54, 1.807) is 48.5 Å². The molecule has 84 heavy (non-hydrogen) atoms. The number of amides is 3. The van der Waals surface area contributed by atoms with Gasteiger partial charge in [-0.2, -0.15) is 39.5 Å². The molecule has 3 aliphatic rings. The normalized spacial score (nSPS) is 16.6. The third-order valence-electron chi connectivity index (χ3n) is 13.3. The molecule has 3 saturated heterocycles. The van der Waals surface area contributed by atoms with Gasteiger partial charge >= 0.3 is 24.5 Å². The van der Waals surface area contributed by atoms with Crippen molar-refractivity contribution in [3.63, 3.8) is 0 Å². The molecule has 15 nitrogen and oxygen atoms in total. The third kappa shape index (κ3) is 18.3. The second-order valence-corrected chi connectivity index (χ2v) is 19.3. The number of hydrazine groups is 2. The summed E-state index contributed by atoms with van der Waals surface area (Å²) in [7, 11) is 0. The van der Waals surface area contributed by atoms with Crippen molar-refractivity contribution < 1.29 is 82.4 Å². The lowest BCUT2D eigenvalue weighted by Crippen LogP contribution is -2.46. The molecule has 4 heterocycles. The molecule has 6 aromatic carbocycles. The number of aliphatic carboxylic acids is 1. The molecule has 3 atom stereocenters. The smallest absolute Gasteiger partial charge is 0.416 e. The van der Waals surface area contributed by atoms with Gasteiger partial charge in [-0.1, -0.05) is 91.0 Å². The van der Waals surface area contributed by atoms with Crippen LogP contribution < -0.4 is 22.1 Å². The van der Waals surface area contributed by atoms with Gasteiger partial charge in [0.2, 0.25) is 11.8 Å². The van der Waals surface area contributed by atoms with E-state index in [0.29, 0.717) is 90.7 Å². The molecule has 0 bridgehead atoms. The zero-order valence-corrected chi connectivity index (χ0v) is 44.7. The molecular formula is C60H57F9N6O9. The molecule has 0 aliphatic carbocycles. The topological polar surface area (TPSA) is 217 Å². The fourth-order valence-electron chi connectivity index (χ4n) is 8.92. The lowest BCUT2D eigenvalue weighted by atomic mass is 9.98. The Hall–Kier alpha value is -8.45. The Kier molecular flexibility index (Phi) is 21.9. The van der Waals surface area contributed by atoms with Gasteiger partial charge in [-0.15, -0.1) is 10.2 Å². The van der Waals surface area contributed by atoms with Crippen LogP contribution in [-0.2, 0) is 61.6 Å². The number of aromatic nitrogens is 2. The number of ether oxygens (including phenoxy) is 3. The zero-order valence-electron chi connectivity index (χ0n) is 44.7. The van der Waals surface area contributed by atoms with Crippen molar-refractivity contribution in [1.82, 2.24) is 26.5 Å². The van der Waals surface area contributed by atoms with Crippen molar-refractivity contribution in [2.24, 2.45) is 5.84 Å². The first-order valence-electron chi connectivity index (χ1n) is 26.3. The lowest BCUT2D eigenvalue weighted by molar-refractivity contribution is -0.147. The highest BCUT2D eigenvalue weighted by molar-refractivity contribution is 5.97. The summed E-state index contributed by atoms with van der Waals surface area (Å²) in [4.78, 5) is 46.1. The SMILES string of the molecule is FC(F)(F)c1ccc(Cc2ccccc2-c2nnc(C3CCCO3)o2)cc1.NNC(=O)c1ccccc1Cc1ccc(C(F)(F)F)cc1.O=C(NNC(=O)C1CCCO1)c1ccccc1Cc1ccc(C(F)(F)F)cc1.O=C(O)C1CCCO1. The van der Waals surface area contributed by atoms with Crippen molar-refractivity contribution in [1.29, 1.82) is 0 Å². The average molecular weight is 1180 g/mol. The molecule has 3 fully saturated rings. The molecule has 0 saturated carbocycles. The maximum atomic E-state index is 12.7. The van der Waals surface area contributed by atoms with Crippen LogP contribution in [0, 0.1) is 0 Å². The summed E-state index contributed by atoms with van der Waals surface area (Å²) in [6.07, 6.45) is -8.45. The molecule has 444 valence electrons. The molecule has 1 aromatic heterocycles. The van der Waals surface area contributed by atoms with Crippen LogP contribution in [-0.4, -0.2) is 71.0 Å². The zero-order chi connectivity index (χ0) is 60.4. The summed E-state index contributed by atoms with van der Waals surface area (Å²) in [6, 6.07) is 35.9. The molecule has 10 rings (SSSR count). The van der Waals surface area contributed by atoms with Gasteiger partial charge in [0.1, 0.15) is 12.2 Å². The van der Waals surface area contributed by atoms with Gasteiger partial charge in [-0.3, -0.25) is 30.7 Å². The summed E-state index contributed by atoms with van der Waals surface area (Å²) in [6.45, 7) is 1.81. The van der Waals surface area contributed by atoms with Crippen molar-refractivity contribution in [2.45, 2.75) is 94.6 Å². The van der Waals surface area contributed by atoms with E-state index in [2.05, 4.69) is 21.0 Å². The van der Waals surface area contributed by atoms with Crippen LogP contribution in [0.2, 0.25) is 0 Å². The Labute approximate surface area is 475 Å². The number of hydrogen-bond acceptors (Lipinski definition) is 11. The van der Waals surface area contributed by atoms with Gasteiger partial charge < -0.3 is 23.7 Å². The fraction of sp³-hybridized carbons (Fsp3) is 0.300. The van der Waals surface area contributed by atoms with Gasteiger partial charge in [0, 0.05) is 36.5 Å². The molecule has 3 aliphatic heterocycles. The maximum absolute atomic E-state index is 12.7. The first-order chi connectivity index (χ1) is 40.1. The summed E-state index contributed by atoms with van der Waals surface area (Å²) in [5.74, 6) is 3.79. The van der Waals surface area contributed by atoms with Gasteiger partial charge in [0.25, 0.3) is 17.7 Å². The van der Waals surface area contributed by atoms with E-state index in [4.69, 9.17) is 29.6 Å². The number of carbonyl (C=O) groups is 4. The number of nitrogens with zero attached hydrogens (tertiary/aromatic N) is 2. The molecule has 24 heteroatoms. The number of carboxylic acid groups (broad SMARTS) is 1. The van der Waals surface area contributed by atoms with Crippen LogP contribution in [0.4, 0.5) is 39.5 Å². The number of rotatable bonds is 12. The van der Waals surface area contributed by atoms with Crippen LogP contribution in [0.15, 0.2) is 150 Å².